The highest BCUT2D eigenvalue weighted by Crippen LogP contribution is 2.23. The van der Waals surface area contributed by atoms with Crippen LogP contribution in [0, 0.1) is 0 Å². The molecule has 156 valence electrons. The average molecular weight is 425 g/mol. The van der Waals surface area contributed by atoms with E-state index in [1.807, 2.05) is 37.3 Å². The highest BCUT2D eigenvalue weighted by Gasteiger charge is 2.20. The van der Waals surface area contributed by atoms with Crippen LogP contribution in [-0.4, -0.2) is 21.4 Å². The highest BCUT2D eigenvalue weighted by atomic mass is 32.2. The molecule has 1 atom stereocenters. The van der Waals surface area contributed by atoms with Gasteiger partial charge in [0.15, 0.2) is 0 Å². The zero-order valence-electron chi connectivity index (χ0n) is 16.8. The smallest absolute Gasteiger partial charge is 0.261 e. The SMILES string of the molecule is CC[C@H](NC(=O)c1ccccc1NS(=O)(=O)c1ccc(OC)cc1)c1ccccc1. The van der Waals surface area contributed by atoms with Gasteiger partial charge in [-0.1, -0.05) is 49.4 Å². The molecule has 2 N–H and O–H groups in total. The molecule has 3 aromatic carbocycles. The lowest BCUT2D eigenvalue weighted by Gasteiger charge is -2.19. The van der Waals surface area contributed by atoms with E-state index in [-0.39, 0.29) is 28.1 Å². The summed E-state index contributed by atoms with van der Waals surface area (Å²) in [5.74, 6) is 0.207. The number of anilines is 1. The monoisotopic (exact) mass is 424 g/mol. The van der Waals surface area contributed by atoms with Gasteiger partial charge in [0.2, 0.25) is 0 Å². The van der Waals surface area contributed by atoms with Crippen LogP contribution in [0.15, 0.2) is 83.8 Å². The Kier molecular flexibility index (Phi) is 6.74. The van der Waals surface area contributed by atoms with E-state index in [0.717, 1.165) is 5.56 Å². The van der Waals surface area contributed by atoms with Crippen molar-refractivity contribution in [3.63, 3.8) is 0 Å². The number of rotatable bonds is 8. The number of hydrogen-bond acceptors (Lipinski definition) is 4. The minimum Gasteiger partial charge on any atom is -0.497 e. The molecule has 3 rings (SSSR count). The fourth-order valence-electron chi connectivity index (χ4n) is 3.07. The molecule has 0 saturated heterocycles. The molecule has 0 saturated carbocycles. The molecule has 3 aromatic rings. The fraction of sp³-hybridized carbons (Fsp3) is 0.174. The molecule has 0 aliphatic carbocycles. The van der Waals surface area contributed by atoms with Crippen molar-refractivity contribution in [2.24, 2.45) is 0 Å². The molecule has 7 heteroatoms. The van der Waals surface area contributed by atoms with Gasteiger partial charge in [0.25, 0.3) is 15.9 Å². The number of benzene rings is 3. The predicted octanol–water partition coefficient (Wildman–Crippen LogP) is 4.38. The van der Waals surface area contributed by atoms with Gasteiger partial charge in [-0.25, -0.2) is 8.42 Å². The van der Waals surface area contributed by atoms with Gasteiger partial charge >= 0.3 is 0 Å². The van der Waals surface area contributed by atoms with E-state index in [2.05, 4.69) is 10.0 Å². The number of sulfonamides is 1. The van der Waals surface area contributed by atoms with Crippen LogP contribution in [0.4, 0.5) is 5.69 Å². The molecule has 6 nitrogen and oxygen atoms in total. The number of carbonyl (C=O) groups excluding carboxylic acids is 1. The number of methoxy groups -OCH3 is 1. The maximum Gasteiger partial charge on any atom is 0.261 e. The summed E-state index contributed by atoms with van der Waals surface area (Å²) < 4.78 is 33.2. The van der Waals surface area contributed by atoms with Crippen LogP contribution in [0.5, 0.6) is 5.75 Å². The lowest BCUT2D eigenvalue weighted by Crippen LogP contribution is -2.29. The maximum absolute atomic E-state index is 13.0. The summed E-state index contributed by atoms with van der Waals surface area (Å²) in [6, 6.07) is 22.1. The molecule has 0 bridgehead atoms. The summed E-state index contributed by atoms with van der Waals surface area (Å²) in [5.41, 5.74) is 1.46. The molecule has 30 heavy (non-hydrogen) atoms. The number of nitrogens with one attached hydrogen (secondary N) is 2. The van der Waals surface area contributed by atoms with Crippen LogP contribution in [0.25, 0.3) is 0 Å². The van der Waals surface area contributed by atoms with Crippen molar-refractivity contribution in [1.82, 2.24) is 5.32 Å². The Morgan fingerprint density at radius 2 is 1.57 bits per heavy atom. The predicted molar refractivity (Wildman–Crippen MR) is 117 cm³/mol. The summed E-state index contributed by atoms with van der Waals surface area (Å²) in [5, 5.41) is 2.99. The van der Waals surface area contributed by atoms with Gasteiger partial charge in [-0.15, -0.1) is 0 Å². The Balaban J connectivity index is 1.83. The highest BCUT2D eigenvalue weighted by molar-refractivity contribution is 7.92. The number of hydrogen-bond donors (Lipinski definition) is 2. The van der Waals surface area contributed by atoms with E-state index >= 15 is 0 Å². The third kappa shape index (κ3) is 4.99. The lowest BCUT2D eigenvalue weighted by molar-refractivity contribution is 0.0936. The van der Waals surface area contributed by atoms with Crippen molar-refractivity contribution < 1.29 is 17.9 Å². The Bertz CT molecular complexity index is 1100. The van der Waals surface area contributed by atoms with Gasteiger partial charge in [-0.3, -0.25) is 9.52 Å². The number of carbonyl (C=O) groups is 1. The summed E-state index contributed by atoms with van der Waals surface area (Å²) in [6.07, 6.45) is 0.704. The first kappa shape index (κ1) is 21.4. The third-order valence-electron chi connectivity index (χ3n) is 4.70. The number of ether oxygens (including phenoxy) is 1. The zero-order valence-corrected chi connectivity index (χ0v) is 17.6. The Labute approximate surface area is 177 Å². The second kappa shape index (κ2) is 9.45. The molecule has 0 radical (unpaired) electrons. The standard InChI is InChI=1S/C23H24N2O4S/c1-3-21(17-9-5-4-6-10-17)24-23(26)20-11-7-8-12-22(20)25-30(27,28)19-15-13-18(29-2)14-16-19/h4-16,21,25H,3H2,1-2H3,(H,24,26)/t21-/m0/s1. The first-order chi connectivity index (χ1) is 14.4. The van der Waals surface area contributed by atoms with Gasteiger partial charge in [0, 0.05) is 0 Å². The Morgan fingerprint density at radius 1 is 0.933 bits per heavy atom. The molecule has 1 amide bonds. The number of amides is 1. The Hall–Kier alpha value is -3.32. The first-order valence-electron chi connectivity index (χ1n) is 9.56. The van der Waals surface area contributed by atoms with Crippen LogP contribution in [-0.2, 0) is 10.0 Å². The third-order valence-corrected chi connectivity index (χ3v) is 6.08. The van der Waals surface area contributed by atoms with Crippen molar-refractivity contribution in [3.05, 3.63) is 90.0 Å². The molecular formula is C23H24N2O4S. The van der Waals surface area contributed by atoms with Gasteiger partial charge in [-0.2, -0.15) is 0 Å². The van der Waals surface area contributed by atoms with Crippen molar-refractivity contribution in [2.75, 3.05) is 11.8 Å². The molecule has 0 aliphatic rings. The van der Waals surface area contributed by atoms with E-state index in [1.54, 1.807) is 36.4 Å². The summed E-state index contributed by atoms with van der Waals surface area (Å²) >= 11 is 0. The molecule has 0 heterocycles. The Morgan fingerprint density at radius 3 is 2.20 bits per heavy atom. The summed E-state index contributed by atoms with van der Waals surface area (Å²) in [4.78, 5) is 13.0. The zero-order chi connectivity index (χ0) is 21.6. The van der Waals surface area contributed by atoms with Crippen LogP contribution < -0.4 is 14.8 Å². The largest absolute Gasteiger partial charge is 0.497 e. The van der Waals surface area contributed by atoms with E-state index < -0.39 is 10.0 Å². The van der Waals surface area contributed by atoms with E-state index in [1.165, 1.54) is 19.2 Å². The lowest BCUT2D eigenvalue weighted by atomic mass is 10.0. The summed E-state index contributed by atoms with van der Waals surface area (Å²) in [6.45, 7) is 1.98. The minimum atomic E-state index is -3.87. The quantitative estimate of drug-likeness (QED) is 0.562. The van der Waals surface area contributed by atoms with E-state index in [4.69, 9.17) is 4.74 Å². The van der Waals surface area contributed by atoms with Crippen molar-refractivity contribution in [2.45, 2.75) is 24.3 Å². The number of para-hydroxylation sites is 1. The second-order valence-corrected chi connectivity index (χ2v) is 8.35. The van der Waals surface area contributed by atoms with Crippen LogP contribution >= 0.6 is 0 Å². The molecule has 0 unspecified atom stereocenters. The van der Waals surface area contributed by atoms with Crippen molar-refractivity contribution in [1.29, 1.82) is 0 Å². The first-order valence-corrected chi connectivity index (χ1v) is 11.0. The molecule has 0 fully saturated rings. The van der Waals surface area contributed by atoms with Crippen LogP contribution in [0.3, 0.4) is 0 Å². The molecular weight excluding hydrogens is 400 g/mol. The summed E-state index contributed by atoms with van der Waals surface area (Å²) in [7, 11) is -2.36. The van der Waals surface area contributed by atoms with Crippen molar-refractivity contribution in [3.8, 4) is 5.75 Å². The van der Waals surface area contributed by atoms with Gasteiger partial charge in [0.1, 0.15) is 5.75 Å². The van der Waals surface area contributed by atoms with Gasteiger partial charge in [-0.05, 0) is 48.4 Å². The van der Waals surface area contributed by atoms with Gasteiger partial charge in [0.05, 0.1) is 29.3 Å². The molecule has 0 spiro atoms. The van der Waals surface area contributed by atoms with Crippen LogP contribution in [0.2, 0.25) is 0 Å². The van der Waals surface area contributed by atoms with E-state index in [0.29, 0.717) is 12.2 Å². The normalized spacial score (nSPS) is 12.1. The maximum atomic E-state index is 13.0. The van der Waals surface area contributed by atoms with Crippen molar-refractivity contribution >= 4 is 21.6 Å². The average Bonchev–Trinajstić information content (AvgIpc) is 2.78. The second-order valence-electron chi connectivity index (χ2n) is 6.67. The molecule has 0 aromatic heterocycles. The van der Waals surface area contributed by atoms with E-state index in [9.17, 15) is 13.2 Å². The van der Waals surface area contributed by atoms with Crippen LogP contribution in [0.1, 0.15) is 35.3 Å². The fourth-order valence-corrected chi connectivity index (χ4v) is 4.15. The topological polar surface area (TPSA) is 84.5 Å². The van der Waals surface area contributed by atoms with Gasteiger partial charge < -0.3 is 10.1 Å². The minimum absolute atomic E-state index is 0.0780. The molecule has 0 aliphatic heterocycles.